The van der Waals surface area contributed by atoms with Gasteiger partial charge >= 0.3 is 0 Å². The van der Waals surface area contributed by atoms with Crippen LogP contribution in [-0.4, -0.2) is 57.4 Å². The molecule has 4 aliphatic carbocycles. The summed E-state index contributed by atoms with van der Waals surface area (Å²) in [5, 5.41) is 5.86. The molecule has 2 amide bonds. The lowest BCUT2D eigenvalue weighted by Gasteiger charge is -2.55. The van der Waals surface area contributed by atoms with E-state index in [0.29, 0.717) is 56.2 Å². The molecule has 0 spiro atoms. The smallest absolute Gasteiger partial charge is 0.243 e. The Kier molecular flexibility index (Phi) is 6.70. The number of morpholine rings is 1. The molecule has 8 nitrogen and oxygen atoms in total. The number of benzene rings is 1. The van der Waals surface area contributed by atoms with E-state index in [2.05, 4.69) is 10.6 Å². The van der Waals surface area contributed by atoms with Gasteiger partial charge in [0.1, 0.15) is 0 Å². The third-order valence-corrected chi connectivity index (χ3v) is 10.2. The summed E-state index contributed by atoms with van der Waals surface area (Å²) in [6, 6.07) is 6.77. The predicted octanol–water partition coefficient (Wildman–Crippen LogP) is 2.05. The number of sulfonamides is 1. The Hall–Kier alpha value is -1.97. The Morgan fingerprint density at radius 2 is 1.59 bits per heavy atom. The minimum atomic E-state index is -3.65. The van der Waals surface area contributed by atoms with Crippen molar-refractivity contribution in [1.29, 1.82) is 0 Å². The SMILES string of the molecule is O=C(CCNC(=O)C12CC3CC(CC(C3)C1)C2)NCc1ccccc1S(=O)(=O)N1CCOCC1. The van der Waals surface area contributed by atoms with Crippen LogP contribution in [0, 0.1) is 23.2 Å². The first-order valence-corrected chi connectivity index (χ1v) is 14.0. The molecule has 2 N–H and O–H groups in total. The van der Waals surface area contributed by atoms with E-state index in [9.17, 15) is 18.0 Å². The number of nitrogens with zero attached hydrogens (tertiary/aromatic N) is 1. The van der Waals surface area contributed by atoms with E-state index in [4.69, 9.17) is 4.74 Å². The molecule has 34 heavy (non-hydrogen) atoms. The molecule has 0 radical (unpaired) electrons. The van der Waals surface area contributed by atoms with Gasteiger partial charge in [0, 0.05) is 38.0 Å². The molecule has 4 saturated carbocycles. The Balaban J connectivity index is 1.12. The largest absolute Gasteiger partial charge is 0.379 e. The maximum atomic E-state index is 13.1. The lowest BCUT2D eigenvalue weighted by Crippen LogP contribution is -2.53. The molecule has 1 aliphatic heterocycles. The molecule has 0 unspecified atom stereocenters. The van der Waals surface area contributed by atoms with E-state index in [1.807, 2.05) is 0 Å². The van der Waals surface area contributed by atoms with Crippen LogP contribution in [0.15, 0.2) is 29.2 Å². The van der Waals surface area contributed by atoms with Gasteiger partial charge in [0.25, 0.3) is 0 Å². The number of hydrogen-bond donors (Lipinski definition) is 2. The molecule has 5 fully saturated rings. The molecular formula is C25H35N3O5S. The average Bonchev–Trinajstić information content (AvgIpc) is 2.82. The van der Waals surface area contributed by atoms with Gasteiger partial charge in [-0.05, 0) is 67.9 Å². The molecular weight excluding hydrogens is 454 g/mol. The van der Waals surface area contributed by atoms with Gasteiger partial charge in [-0.25, -0.2) is 8.42 Å². The molecule has 4 bridgehead atoms. The number of carbonyl (C=O) groups is 2. The van der Waals surface area contributed by atoms with E-state index >= 15 is 0 Å². The van der Waals surface area contributed by atoms with E-state index in [-0.39, 0.29) is 35.1 Å². The molecule has 0 atom stereocenters. The first-order valence-electron chi connectivity index (χ1n) is 12.6. The van der Waals surface area contributed by atoms with Gasteiger partial charge in [0.15, 0.2) is 0 Å². The lowest BCUT2D eigenvalue weighted by atomic mass is 9.49. The van der Waals surface area contributed by atoms with Gasteiger partial charge in [-0.1, -0.05) is 18.2 Å². The fraction of sp³-hybridized carbons (Fsp3) is 0.680. The molecule has 1 aromatic carbocycles. The highest BCUT2D eigenvalue weighted by atomic mass is 32.2. The Morgan fingerprint density at radius 1 is 0.971 bits per heavy atom. The number of hydrogen-bond acceptors (Lipinski definition) is 5. The third-order valence-electron chi connectivity index (χ3n) is 8.19. The van der Waals surface area contributed by atoms with Crippen molar-refractivity contribution in [3.63, 3.8) is 0 Å². The highest BCUT2D eigenvalue weighted by molar-refractivity contribution is 7.89. The average molecular weight is 490 g/mol. The second kappa shape index (κ2) is 9.59. The van der Waals surface area contributed by atoms with Crippen molar-refractivity contribution >= 4 is 21.8 Å². The second-order valence-electron chi connectivity index (χ2n) is 10.6. The fourth-order valence-corrected chi connectivity index (χ4v) is 8.61. The van der Waals surface area contributed by atoms with E-state index in [0.717, 1.165) is 19.3 Å². The van der Waals surface area contributed by atoms with Gasteiger partial charge in [-0.2, -0.15) is 4.31 Å². The molecule has 1 aromatic rings. The fourth-order valence-electron chi connectivity index (χ4n) is 6.98. The molecule has 186 valence electrons. The van der Waals surface area contributed by atoms with Gasteiger partial charge in [-0.15, -0.1) is 0 Å². The van der Waals surface area contributed by atoms with Crippen molar-refractivity contribution in [2.24, 2.45) is 23.2 Å². The first-order chi connectivity index (χ1) is 16.4. The van der Waals surface area contributed by atoms with Crippen molar-refractivity contribution in [2.45, 2.75) is 56.4 Å². The van der Waals surface area contributed by atoms with Crippen LogP contribution in [0.5, 0.6) is 0 Å². The monoisotopic (exact) mass is 489 g/mol. The summed E-state index contributed by atoms with van der Waals surface area (Å²) < 4.78 is 32.8. The van der Waals surface area contributed by atoms with Crippen molar-refractivity contribution in [1.82, 2.24) is 14.9 Å². The van der Waals surface area contributed by atoms with Gasteiger partial charge < -0.3 is 15.4 Å². The number of rotatable bonds is 8. The molecule has 1 heterocycles. The van der Waals surface area contributed by atoms with Crippen molar-refractivity contribution in [2.75, 3.05) is 32.8 Å². The quantitative estimate of drug-likeness (QED) is 0.582. The zero-order chi connectivity index (χ0) is 23.8. The molecule has 0 aromatic heterocycles. The van der Waals surface area contributed by atoms with Crippen LogP contribution in [0.25, 0.3) is 0 Å². The van der Waals surface area contributed by atoms with Gasteiger partial charge in [-0.3, -0.25) is 9.59 Å². The summed E-state index contributed by atoms with van der Waals surface area (Å²) >= 11 is 0. The van der Waals surface area contributed by atoms with E-state index < -0.39 is 10.0 Å². The Morgan fingerprint density at radius 3 is 2.24 bits per heavy atom. The summed E-state index contributed by atoms with van der Waals surface area (Å²) in [6.07, 6.45) is 7.06. The van der Waals surface area contributed by atoms with Gasteiger partial charge in [0.05, 0.1) is 18.1 Å². The van der Waals surface area contributed by atoms with Crippen molar-refractivity contribution < 1.29 is 22.7 Å². The summed E-state index contributed by atoms with van der Waals surface area (Å²) in [4.78, 5) is 25.7. The number of amides is 2. The van der Waals surface area contributed by atoms with Crippen molar-refractivity contribution in [3.8, 4) is 0 Å². The van der Waals surface area contributed by atoms with Crippen molar-refractivity contribution in [3.05, 3.63) is 29.8 Å². The Bertz CT molecular complexity index is 999. The highest BCUT2D eigenvalue weighted by Crippen LogP contribution is 2.60. The molecule has 6 rings (SSSR count). The number of carbonyl (C=O) groups excluding carboxylic acids is 2. The zero-order valence-electron chi connectivity index (χ0n) is 19.6. The summed E-state index contributed by atoms with van der Waals surface area (Å²) in [7, 11) is -3.65. The maximum Gasteiger partial charge on any atom is 0.243 e. The summed E-state index contributed by atoms with van der Waals surface area (Å²) in [5.41, 5.74) is 0.345. The van der Waals surface area contributed by atoms with Crippen LogP contribution in [-0.2, 0) is 30.9 Å². The van der Waals surface area contributed by atoms with Crippen LogP contribution in [0.3, 0.4) is 0 Å². The summed E-state index contributed by atoms with van der Waals surface area (Å²) in [5.74, 6) is 2.03. The van der Waals surface area contributed by atoms with Crippen LogP contribution >= 0.6 is 0 Å². The minimum absolute atomic E-state index is 0.126. The second-order valence-corrected chi connectivity index (χ2v) is 12.5. The van der Waals surface area contributed by atoms with Crippen LogP contribution in [0.1, 0.15) is 50.5 Å². The van der Waals surface area contributed by atoms with Crippen LogP contribution < -0.4 is 10.6 Å². The molecule has 9 heteroatoms. The molecule has 1 saturated heterocycles. The normalized spacial score (nSPS) is 30.8. The number of ether oxygens (including phenoxy) is 1. The van der Waals surface area contributed by atoms with Crippen LogP contribution in [0.2, 0.25) is 0 Å². The zero-order valence-corrected chi connectivity index (χ0v) is 20.4. The Labute approximate surface area is 201 Å². The third kappa shape index (κ3) is 4.75. The van der Waals surface area contributed by atoms with E-state index in [1.165, 1.54) is 23.6 Å². The first kappa shape index (κ1) is 23.8. The standard InChI is InChI=1S/C25H35N3O5S/c29-23(5-6-26-24(30)25-14-18-11-19(15-25)13-20(12-18)16-25)27-17-21-3-1-2-4-22(21)34(31,32)28-7-9-33-10-8-28/h1-4,18-20H,5-17H2,(H,26,30)(H,27,29). The van der Waals surface area contributed by atoms with Gasteiger partial charge in [0.2, 0.25) is 21.8 Å². The van der Waals surface area contributed by atoms with Crippen LogP contribution in [0.4, 0.5) is 0 Å². The molecule has 5 aliphatic rings. The maximum absolute atomic E-state index is 13.1. The summed E-state index contributed by atoms with van der Waals surface area (Å²) in [6.45, 7) is 1.85. The predicted molar refractivity (Wildman–Crippen MR) is 126 cm³/mol. The topological polar surface area (TPSA) is 105 Å². The minimum Gasteiger partial charge on any atom is -0.379 e. The highest BCUT2D eigenvalue weighted by Gasteiger charge is 2.54. The van der Waals surface area contributed by atoms with E-state index in [1.54, 1.807) is 24.3 Å². The lowest BCUT2D eigenvalue weighted by molar-refractivity contribution is -0.146. The number of nitrogens with one attached hydrogen (secondary N) is 2.